The van der Waals surface area contributed by atoms with Gasteiger partial charge in [-0.05, 0) is 52.3 Å². The molecule has 0 aromatic carbocycles. The minimum atomic E-state index is 0.965. The molecule has 0 spiro atoms. The molecule has 0 saturated heterocycles. The van der Waals surface area contributed by atoms with Gasteiger partial charge in [-0.1, -0.05) is 0 Å². The maximum Gasteiger partial charge on any atom is 0.0945 e. The second kappa shape index (κ2) is 6.93. The van der Waals surface area contributed by atoms with E-state index in [9.17, 15) is 0 Å². The van der Waals surface area contributed by atoms with E-state index in [2.05, 4.69) is 42.2 Å². The molecule has 0 atom stereocenters. The Labute approximate surface area is 114 Å². The number of unbranched alkanes of at least 4 members (excludes halogenated alkanes) is 1. The van der Waals surface area contributed by atoms with Crippen LogP contribution in [0.4, 0.5) is 0 Å². The van der Waals surface area contributed by atoms with Crippen LogP contribution >= 0.6 is 27.3 Å². The highest BCUT2D eigenvalue weighted by Gasteiger charge is 1.96. The fourth-order valence-electron chi connectivity index (χ4n) is 1.63. The predicted octanol–water partition coefficient (Wildman–Crippen LogP) is 3.28. The van der Waals surface area contributed by atoms with E-state index in [-0.39, 0.29) is 0 Å². The number of hydrogen-bond donors (Lipinski definition) is 1. The van der Waals surface area contributed by atoms with Crippen LogP contribution in [0.15, 0.2) is 34.0 Å². The molecule has 2 heterocycles. The van der Waals surface area contributed by atoms with E-state index in [1.807, 2.05) is 18.7 Å². The number of aryl methyl sites for hydroxylation is 1. The summed E-state index contributed by atoms with van der Waals surface area (Å²) in [4.78, 5) is 4.02. The summed E-state index contributed by atoms with van der Waals surface area (Å²) >= 11 is 5.21. The quantitative estimate of drug-likeness (QED) is 0.795. The smallest absolute Gasteiger partial charge is 0.0945 e. The second-order valence-corrected chi connectivity index (χ2v) is 6.23. The van der Waals surface area contributed by atoms with Crippen LogP contribution in [0.3, 0.4) is 0 Å². The number of thiophene rings is 1. The average Bonchev–Trinajstić information content (AvgIpc) is 2.95. The summed E-state index contributed by atoms with van der Waals surface area (Å²) in [5.41, 5.74) is 1.36. The zero-order valence-electron chi connectivity index (χ0n) is 9.60. The predicted molar refractivity (Wildman–Crippen MR) is 75.2 cm³/mol. The number of halogens is 1. The van der Waals surface area contributed by atoms with E-state index < -0.39 is 0 Å². The molecule has 0 aliphatic heterocycles. The summed E-state index contributed by atoms with van der Waals surface area (Å²) in [6, 6.07) is 2.17. The van der Waals surface area contributed by atoms with Gasteiger partial charge >= 0.3 is 0 Å². The zero-order valence-corrected chi connectivity index (χ0v) is 12.0. The molecule has 0 aliphatic rings. The SMILES string of the molecule is Brc1cc(CNCCCCn2ccnc2)cs1. The molecule has 17 heavy (non-hydrogen) atoms. The van der Waals surface area contributed by atoms with E-state index in [1.165, 1.54) is 22.2 Å². The third kappa shape index (κ3) is 4.61. The highest BCUT2D eigenvalue weighted by Crippen LogP contribution is 2.20. The fraction of sp³-hybridized carbons (Fsp3) is 0.417. The Kier molecular flexibility index (Phi) is 5.22. The van der Waals surface area contributed by atoms with Gasteiger partial charge in [-0.3, -0.25) is 0 Å². The Morgan fingerprint density at radius 2 is 2.35 bits per heavy atom. The normalized spacial score (nSPS) is 10.9. The Morgan fingerprint density at radius 1 is 1.41 bits per heavy atom. The van der Waals surface area contributed by atoms with E-state index in [1.54, 1.807) is 11.3 Å². The lowest BCUT2D eigenvalue weighted by atomic mass is 10.3. The van der Waals surface area contributed by atoms with E-state index in [0.717, 1.165) is 19.6 Å². The molecule has 5 heteroatoms. The molecule has 2 aromatic rings. The summed E-state index contributed by atoms with van der Waals surface area (Å²) in [6.45, 7) is 3.10. The van der Waals surface area contributed by atoms with Gasteiger partial charge in [0, 0.05) is 25.5 Å². The first-order valence-electron chi connectivity index (χ1n) is 5.74. The number of rotatable bonds is 7. The van der Waals surface area contributed by atoms with Gasteiger partial charge in [0.05, 0.1) is 10.1 Å². The standard InChI is InChI=1S/C12H16BrN3S/c13-12-7-11(9-17-12)8-14-3-1-2-5-16-6-4-15-10-16/h4,6-7,9-10,14H,1-3,5,8H2. The van der Waals surface area contributed by atoms with Gasteiger partial charge in [0.2, 0.25) is 0 Å². The number of imidazole rings is 1. The molecule has 3 nitrogen and oxygen atoms in total. The molecule has 2 rings (SSSR count). The van der Waals surface area contributed by atoms with Crippen LogP contribution in [0.5, 0.6) is 0 Å². The highest BCUT2D eigenvalue weighted by molar-refractivity contribution is 9.11. The lowest BCUT2D eigenvalue weighted by Gasteiger charge is -2.04. The summed E-state index contributed by atoms with van der Waals surface area (Å²) in [5.74, 6) is 0. The van der Waals surface area contributed by atoms with Crippen molar-refractivity contribution in [1.82, 2.24) is 14.9 Å². The van der Waals surface area contributed by atoms with Crippen molar-refractivity contribution in [3.05, 3.63) is 39.5 Å². The molecule has 0 fully saturated rings. The van der Waals surface area contributed by atoms with Crippen molar-refractivity contribution in [2.45, 2.75) is 25.9 Å². The van der Waals surface area contributed by atoms with Gasteiger partial charge < -0.3 is 9.88 Å². The van der Waals surface area contributed by atoms with Crippen LogP contribution in [-0.2, 0) is 13.1 Å². The number of nitrogens with zero attached hydrogens (tertiary/aromatic N) is 2. The van der Waals surface area contributed by atoms with Crippen molar-refractivity contribution in [2.75, 3.05) is 6.54 Å². The van der Waals surface area contributed by atoms with Crippen molar-refractivity contribution in [3.63, 3.8) is 0 Å². The van der Waals surface area contributed by atoms with Gasteiger partial charge in [-0.25, -0.2) is 4.98 Å². The van der Waals surface area contributed by atoms with Crippen molar-refractivity contribution in [1.29, 1.82) is 0 Å². The van der Waals surface area contributed by atoms with Crippen LogP contribution in [0.1, 0.15) is 18.4 Å². The van der Waals surface area contributed by atoms with Crippen molar-refractivity contribution in [3.8, 4) is 0 Å². The Balaban J connectivity index is 1.52. The molecule has 2 aromatic heterocycles. The first kappa shape index (κ1) is 12.8. The number of nitrogens with one attached hydrogen (secondary N) is 1. The van der Waals surface area contributed by atoms with Gasteiger partial charge in [-0.2, -0.15) is 0 Å². The molecular weight excluding hydrogens is 298 g/mol. The van der Waals surface area contributed by atoms with Crippen molar-refractivity contribution >= 4 is 27.3 Å². The summed E-state index contributed by atoms with van der Waals surface area (Å²) in [7, 11) is 0. The van der Waals surface area contributed by atoms with Crippen LogP contribution in [0.2, 0.25) is 0 Å². The summed E-state index contributed by atoms with van der Waals surface area (Å²) in [6.07, 6.45) is 8.10. The molecule has 0 saturated carbocycles. The van der Waals surface area contributed by atoms with Gasteiger partial charge in [0.25, 0.3) is 0 Å². The van der Waals surface area contributed by atoms with Gasteiger partial charge in [0.1, 0.15) is 0 Å². The molecular formula is C12H16BrN3S. The van der Waals surface area contributed by atoms with Crippen LogP contribution < -0.4 is 5.32 Å². The van der Waals surface area contributed by atoms with Crippen LogP contribution in [0, 0.1) is 0 Å². The number of hydrogen-bond acceptors (Lipinski definition) is 3. The van der Waals surface area contributed by atoms with Gasteiger partial charge in [-0.15, -0.1) is 11.3 Å². The van der Waals surface area contributed by atoms with Crippen LogP contribution in [-0.4, -0.2) is 16.1 Å². The van der Waals surface area contributed by atoms with Gasteiger partial charge in [0.15, 0.2) is 0 Å². The largest absolute Gasteiger partial charge is 0.337 e. The molecule has 92 valence electrons. The lowest BCUT2D eigenvalue weighted by Crippen LogP contribution is -2.14. The third-order valence-electron chi connectivity index (χ3n) is 2.53. The van der Waals surface area contributed by atoms with E-state index in [4.69, 9.17) is 0 Å². The number of aromatic nitrogens is 2. The third-order valence-corrected chi connectivity index (χ3v) is 4.08. The molecule has 0 aliphatic carbocycles. The molecule has 1 N–H and O–H groups in total. The Morgan fingerprint density at radius 3 is 3.06 bits per heavy atom. The fourth-order valence-corrected chi connectivity index (χ4v) is 2.84. The summed E-state index contributed by atoms with van der Waals surface area (Å²) < 4.78 is 3.32. The summed E-state index contributed by atoms with van der Waals surface area (Å²) in [5, 5.41) is 5.64. The first-order chi connectivity index (χ1) is 8.34. The molecule has 0 radical (unpaired) electrons. The second-order valence-electron chi connectivity index (χ2n) is 3.94. The highest BCUT2D eigenvalue weighted by atomic mass is 79.9. The maximum atomic E-state index is 4.02. The van der Waals surface area contributed by atoms with E-state index in [0.29, 0.717) is 0 Å². The molecule has 0 amide bonds. The van der Waals surface area contributed by atoms with Crippen molar-refractivity contribution in [2.24, 2.45) is 0 Å². The zero-order chi connectivity index (χ0) is 11.9. The minimum absolute atomic E-state index is 0.965. The topological polar surface area (TPSA) is 29.9 Å². The first-order valence-corrected chi connectivity index (χ1v) is 7.41. The van der Waals surface area contributed by atoms with Crippen LogP contribution in [0.25, 0.3) is 0 Å². The lowest BCUT2D eigenvalue weighted by molar-refractivity contribution is 0.568. The molecule has 0 bridgehead atoms. The maximum absolute atomic E-state index is 4.02. The van der Waals surface area contributed by atoms with E-state index >= 15 is 0 Å². The Bertz CT molecular complexity index is 425. The average molecular weight is 314 g/mol. The van der Waals surface area contributed by atoms with Crippen molar-refractivity contribution < 1.29 is 0 Å². The monoisotopic (exact) mass is 313 g/mol. The minimum Gasteiger partial charge on any atom is -0.337 e. The molecule has 0 unspecified atom stereocenters. The Hall–Kier alpha value is -0.650.